The number of benzene rings is 1. The number of hydrogen-bond acceptors (Lipinski definition) is 5. The van der Waals surface area contributed by atoms with Crippen LogP contribution in [0.1, 0.15) is 18.4 Å². The Morgan fingerprint density at radius 2 is 1.71 bits per heavy atom. The molecule has 5 nitrogen and oxygen atoms in total. The molecule has 0 aliphatic heterocycles. The van der Waals surface area contributed by atoms with E-state index in [-0.39, 0.29) is 0 Å². The van der Waals surface area contributed by atoms with Gasteiger partial charge in [-0.15, -0.1) is 0 Å². The largest absolute Gasteiger partial charge is 0.468 e. The zero-order valence-corrected chi connectivity index (χ0v) is 12.3. The molecule has 0 amide bonds. The molecule has 2 atom stereocenters. The molecule has 0 spiro atoms. The molecule has 0 aliphatic carbocycles. The highest BCUT2D eigenvalue weighted by atomic mass is 35.5. The molecule has 6 heteroatoms. The van der Waals surface area contributed by atoms with Gasteiger partial charge in [0.2, 0.25) is 0 Å². The molecular weight excluding hydrogens is 292 g/mol. The van der Waals surface area contributed by atoms with Gasteiger partial charge in [0.05, 0.1) is 19.2 Å². The molecule has 0 fully saturated rings. The summed E-state index contributed by atoms with van der Waals surface area (Å²) in [7, 11) is 1.16. The summed E-state index contributed by atoms with van der Waals surface area (Å²) in [6.07, 6.45) is 0. The molecule has 21 heavy (non-hydrogen) atoms. The van der Waals surface area contributed by atoms with Crippen molar-refractivity contribution in [2.24, 2.45) is 11.8 Å². The lowest BCUT2D eigenvalue weighted by atomic mass is 9.76. The summed E-state index contributed by atoms with van der Waals surface area (Å²) in [6, 6.07) is 9.98. The Balaban J connectivity index is 3.40. The molecule has 2 unspecified atom stereocenters. The topological polar surface area (TPSA) is 90.9 Å². The first-order valence-corrected chi connectivity index (χ1v) is 6.47. The molecule has 0 aromatic heterocycles. The zero-order chi connectivity index (χ0) is 16.0. The summed E-state index contributed by atoms with van der Waals surface area (Å²) in [5.41, 5.74) is 0.512. The quantitative estimate of drug-likeness (QED) is 0.615. The second-order valence-corrected chi connectivity index (χ2v) is 4.86. The lowest BCUT2D eigenvalue weighted by Gasteiger charge is -2.24. The normalized spacial score (nSPS) is 12.9. The standard InChI is InChI=1S/C15H13ClN2O3/c1-9(19)13(15(20)21-2)14(11(7-17)8-18)10-3-5-12(16)6-4-10/h3-6,11,13-14H,1-2H3. The maximum atomic E-state index is 11.9. The van der Waals surface area contributed by atoms with Gasteiger partial charge in [0.1, 0.15) is 17.6 Å². The van der Waals surface area contributed by atoms with Gasteiger partial charge < -0.3 is 4.74 Å². The molecule has 0 N–H and O–H groups in total. The van der Waals surface area contributed by atoms with Crippen LogP contribution in [0.25, 0.3) is 0 Å². The number of esters is 1. The van der Waals surface area contributed by atoms with Gasteiger partial charge in [0.15, 0.2) is 0 Å². The van der Waals surface area contributed by atoms with Crippen LogP contribution in [0, 0.1) is 34.5 Å². The first kappa shape index (κ1) is 16.7. The van der Waals surface area contributed by atoms with Crippen molar-refractivity contribution in [3.8, 4) is 12.1 Å². The van der Waals surface area contributed by atoms with Gasteiger partial charge in [0, 0.05) is 10.9 Å². The Morgan fingerprint density at radius 3 is 2.10 bits per heavy atom. The number of hydrogen-bond donors (Lipinski definition) is 0. The van der Waals surface area contributed by atoms with Crippen molar-refractivity contribution in [3.05, 3.63) is 34.9 Å². The van der Waals surface area contributed by atoms with E-state index in [4.69, 9.17) is 22.1 Å². The number of nitrogens with zero attached hydrogens (tertiary/aromatic N) is 2. The molecule has 0 radical (unpaired) electrons. The summed E-state index contributed by atoms with van der Waals surface area (Å²) < 4.78 is 4.63. The van der Waals surface area contributed by atoms with Crippen LogP contribution >= 0.6 is 11.6 Å². The van der Waals surface area contributed by atoms with Crippen molar-refractivity contribution in [3.63, 3.8) is 0 Å². The van der Waals surface area contributed by atoms with Crippen LogP contribution in [0.5, 0.6) is 0 Å². The van der Waals surface area contributed by atoms with E-state index >= 15 is 0 Å². The Labute approximate surface area is 127 Å². The summed E-state index contributed by atoms with van der Waals surface area (Å²) in [5.74, 6) is -4.49. The lowest BCUT2D eigenvalue weighted by molar-refractivity contribution is -0.150. The van der Waals surface area contributed by atoms with Gasteiger partial charge in [-0.05, 0) is 24.6 Å². The Bertz CT molecular complexity index is 599. The molecule has 1 aromatic rings. The van der Waals surface area contributed by atoms with E-state index in [0.29, 0.717) is 10.6 Å². The maximum absolute atomic E-state index is 11.9. The van der Waals surface area contributed by atoms with Gasteiger partial charge in [-0.1, -0.05) is 23.7 Å². The number of ketones is 1. The van der Waals surface area contributed by atoms with Gasteiger partial charge in [-0.2, -0.15) is 10.5 Å². The minimum absolute atomic E-state index is 0.461. The fraction of sp³-hybridized carbons (Fsp3) is 0.333. The van der Waals surface area contributed by atoms with Crippen molar-refractivity contribution in [2.75, 3.05) is 7.11 Å². The van der Waals surface area contributed by atoms with E-state index in [1.807, 2.05) is 12.1 Å². The fourth-order valence-corrected chi connectivity index (χ4v) is 2.27. The van der Waals surface area contributed by atoms with Crippen LogP contribution in [0.15, 0.2) is 24.3 Å². The second-order valence-electron chi connectivity index (χ2n) is 4.42. The summed E-state index contributed by atoms with van der Waals surface area (Å²) in [5, 5.41) is 18.7. The van der Waals surface area contributed by atoms with Crippen LogP contribution in [0.3, 0.4) is 0 Å². The second kappa shape index (κ2) is 7.42. The zero-order valence-electron chi connectivity index (χ0n) is 11.5. The maximum Gasteiger partial charge on any atom is 0.316 e. The van der Waals surface area contributed by atoms with Crippen molar-refractivity contribution < 1.29 is 14.3 Å². The van der Waals surface area contributed by atoms with E-state index in [9.17, 15) is 9.59 Å². The number of Topliss-reactive ketones (excluding diaryl/α,β-unsaturated/α-hetero) is 1. The molecular formula is C15H13ClN2O3. The van der Waals surface area contributed by atoms with Crippen molar-refractivity contribution >= 4 is 23.4 Å². The summed E-state index contributed by atoms with van der Waals surface area (Å²) in [4.78, 5) is 23.7. The van der Waals surface area contributed by atoms with Crippen molar-refractivity contribution in [1.29, 1.82) is 10.5 Å². The molecule has 0 saturated heterocycles. The van der Waals surface area contributed by atoms with Gasteiger partial charge in [0.25, 0.3) is 0 Å². The molecule has 1 aromatic carbocycles. The average Bonchev–Trinajstić information content (AvgIpc) is 2.47. The van der Waals surface area contributed by atoms with Gasteiger partial charge in [-0.25, -0.2) is 0 Å². The lowest BCUT2D eigenvalue weighted by Crippen LogP contribution is -2.33. The summed E-state index contributed by atoms with van der Waals surface area (Å²) >= 11 is 5.81. The van der Waals surface area contributed by atoms with Crippen LogP contribution < -0.4 is 0 Å². The first-order chi connectivity index (χ1) is 9.96. The number of carbonyl (C=O) groups excluding carboxylic acids is 2. The van der Waals surface area contributed by atoms with E-state index in [2.05, 4.69) is 4.74 Å². The third-order valence-electron chi connectivity index (χ3n) is 3.14. The average molecular weight is 305 g/mol. The first-order valence-electron chi connectivity index (χ1n) is 6.09. The number of nitriles is 2. The fourth-order valence-electron chi connectivity index (χ4n) is 2.14. The van der Waals surface area contributed by atoms with E-state index in [1.54, 1.807) is 24.3 Å². The van der Waals surface area contributed by atoms with Crippen LogP contribution in [0.2, 0.25) is 5.02 Å². The highest BCUT2D eigenvalue weighted by molar-refractivity contribution is 6.30. The highest BCUT2D eigenvalue weighted by Crippen LogP contribution is 2.34. The molecule has 1 rings (SSSR count). The Morgan fingerprint density at radius 1 is 1.19 bits per heavy atom. The van der Waals surface area contributed by atoms with E-state index in [0.717, 1.165) is 7.11 Å². The molecule has 0 heterocycles. The number of methoxy groups -OCH3 is 1. The molecule has 0 aliphatic rings. The van der Waals surface area contributed by atoms with Gasteiger partial charge >= 0.3 is 5.97 Å². The highest BCUT2D eigenvalue weighted by Gasteiger charge is 2.39. The third-order valence-corrected chi connectivity index (χ3v) is 3.40. The monoisotopic (exact) mass is 304 g/mol. The third kappa shape index (κ3) is 3.81. The van der Waals surface area contributed by atoms with Crippen LogP contribution in [-0.2, 0) is 14.3 Å². The van der Waals surface area contributed by atoms with Crippen LogP contribution in [0.4, 0.5) is 0 Å². The molecule has 108 valence electrons. The summed E-state index contributed by atoms with van der Waals surface area (Å²) in [6.45, 7) is 1.23. The minimum Gasteiger partial charge on any atom is -0.468 e. The number of carbonyl (C=O) groups is 2. The smallest absolute Gasteiger partial charge is 0.316 e. The number of rotatable bonds is 5. The Hall–Kier alpha value is -2.37. The molecule has 0 bridgehead atoms. The number of halogens is 1. The predicted molar refractivity (Wildman–Crippen MR) is 75.1 cm³/mol. The van der Waals surface area contributed by atoms with Crippen molar-refractivity contribution in [1.82, 2.24) is 0 Å². The predicted octanol–water partition coefficient (Wildman–Crippen LogP) is 2.47. The number of ether oxygens (including phenoxy) is 1. The van der Waals surface area contributed by atoms with E-state index in [1.165, 1.54) is 6.92 Å². The van der Waals surface area contributed by atoms with Crippen molar-refractivity contribution in [2.45, 2.75) is 12.8 Å². The van der Waals surface area contributed by atoms with Gasteiger partial charge in [-0.3, -0.25) is 9.59 Å². The SMILES string of the molecule is COC(=O)C(C(C)=O)C(c1ccc(Cl)cc1)C(C#N)C#N. The Kier molecular flexibility index (Phi) is 5.90. The minimum atomic E-state index is -1.21. The van der Waals surface area contributed by atoms with Crippen LogP contribution in [-0.4, -0.2) is 18.9 Å². The van der Waals surface area contributed by atoms with E-state index < -0.39 is 29.5 Å². The molecule has 0 saturated carbocycles.